The Kier molecular flexibility index (Phi) is 9.99. The minimum atomic E-state index is -1.03. The molecule has 3 amide bonds. The molecular weight excluding hydrogens is 586 g/mol. The molecule has 3 heterocycles. The van der Waals surface area contributed by atoms with Crippen molar-refractivity contribution >= 4 is 30.0 Å². The number of nitrogens with zero attached hydrogens (tertiary/aromatic N) is 4. The predicted molar refractivity (Wildman–Crippen MR) is 171 cm³/mol. The van der Waals surface area contributed by atoms with E-state index in [2.05, 4.69) is 10.3 Å². The molecule has 11 heteroatoms. The van der Waals surface area contributed by atoms with Crippen LogP contribution in [0.25, 0.3) is 6.08 Å². The first-order chi connectivity index (χ1) is 22.4. The number of hydrogen-bond acceptors (Lipinski definition) is 7. The first-order valence-corrected chi connectivity index (χ1v) is 16.5. The SMILES string of the molecule is O=C(O)CCC(C(=O)N(C1CCCCC1)N1CCNCC1)N1C(=O)C(N2C(=O)OC[C@@H]2c2ccccc2)C1C=Cc1ccccc1. The largest absolute Gasteiger partial charge is 0.481 e. The van der Waals surface area contributed by atoms with Gasteiger partial charge in [-0.3, -0.25) is 24.3 Å². The zero-order valence-electron chi connectivity index (χ0n) is 26.1. The zero-order valence-corrected chi connectivity index (χ0v) is 26.1. The van der Waals surface area contributed by atoms with E-state index >= 15 is 0 Å². The van der Waals surface area contributed by atoms with Gasteiger partial charge in [0.1, 0.15) is 18.7 Å². The lowest BCUT2D eigenvalue weighted by Gasteiger charge is -2.54. The quantitative estimate of drug-likeness (QED) is 0.361. The van der Waals surface area contributed by atoms with Crippen molar-refractivity contribution < 1.29 is 29.0 Å². The highest BCUT2D eigenvalue weighted by Gasteiger charge is 2.58. The molecule has 0 spiro atoms. The lowest BCUT2D eigenvalue weighted by molar-refractivity contribution is -0.178. The van der Waals surface area contributed by atoms with E-state index in [4.69, 9.17) is 4.74 Å². The van der Waals surface area contributed by atoms with Gasteiger partial charge in [-0.1, -0.05) is 92.1 Å². The number of aliphatic carboxylic acids is 1. The molecule has 244 valence electrons. The highest BCUT2D eigenvalue weighted by molar-refractivity contribution is 5.98. The Morgan fingerprint density at radius 1 is 0.978 bits per heavy atom. The Morgan fingerprint density at radius 2 is 1.65 bits per heavy atom. The van der Waals surface area contributed by atoms with Gasteiger partial charge < -0.3 is 20.1 Å². The second-order valence-corrected chi connectivity index (χ2v) is 12.5. The van der Waals surface area contributed by atoms with Crippen LogP contribution in [-0.2, 0) is 19.1 Å². The number of benzene rings is 2. The highest BCUT2D eigenvalue weighted by Crippen LogP contribution is 2.40. The number of carboxylic acid groups (broad SMARTS) is 1. The van der Waals surface area contributed by atoms with Gasteiger partial charge in [0.2, 0.25) is 5.91 Å². The number of hydrazine groups is 1. The molecule has 2 aromatic rings. The summed E-state index contributed by atoms with van der Waals surface area (Å²) in [5.41, 5.74) is 1.76. The maximum absolute atomic E-state index is 14.8. The van der Waals surface area contributed by atoms with Crippen LogP contribution in [0, 0.1) is 0 Å². The van der Waals surface area contributed by atoms with Crippen LogP contribution in [0.1, 0.15) is 62.1 Å². The monoisotopic (exact) mass is 629 g/mol. The van der Waals surface area contributed by atoms with E-state index in [1.165, 1.54) is 9.80 Å². The standard InChI is InChI=1S/C35H43N5O6/c41-31(42)19-18-29(33(43)40(27-14-8-3-9-15-27)37-22-20-36-21-23-37)38-28(17-16-25-10-4-1-5-11-25)32(34(38)44)39-30(24-46-35(39)45)26-12-6-2-7-13-26/h1-2,4-7,10-13,16-17,27-30,32,36H,3,8-9,14-15,18-24H2,(H,41,42)/t28?,29?,30-,32?/m1/s1. The normalized spacial score (nSPS) is 24.9. The van der Waals surface area contributed by atoms with E-state index in [0.717, 1.165) is 56.3 Å². The summed E-state index contributed by atoms with van der Waals surface area (Å²) in [6.45, 7) is 2.89. The fourth-order valence-corrected chi connectivity index (χ4v) is 7.34. The van der Waals surface area contributed by atoms with E-state index in [1.54, 1.807) is 0 Å². The Balaban J connectivity index is 1.37. The number of likely N-dealkylation sites (tertiary alicyclic amines) is 1. The number of hydrogen-bond donors (Lipinski definition) is 2. The first-order valence-electron chi connectivity index (χ1n) is 16.5. The molecule has 3 aliphatic heterocycles. The van der Waals surface area contributed by atoms with Crippen LogP contribution in [0.5, 0.6) is 0 Å². The van der Waals surface area contributed by atoms with Crippen molar-refractivity contribution in [3.8, 4) is 0 Å². The number of rotatable bonds is 11. The molecule has 2 N–H and O–H groups in total. The van der Waals surface area contributed by atoms with Crippen molar-refractivity contribution in [3.63, 3.8) is 0 Å². The maximum Gasteiger partial charge on any atom is 0.411 e. The number of β-lactam (4-membered cyclic amide) rings is 1. The number of carboxylic acids is 1. The van der Waals surface area contributed by atoms with Gasteiger partial charge in [-0.25, -0.2) is 9.80 Å². The van der Waals surface area contributed by atoms with Gasteiger partial charge in [0.25, 0.3) is 5.91 Å². The molecule has 4 fully saturated rings. The second kappa shape index (κ2) is 14.5. The van der Waals surface area contributed by atoms with Gasteiger partial charge in [0, 0.05) is 38.6 Å². The van der Waals surface area contributed by atoms with E-state index in [9.17, 15) is 24.3 Å². The van der Waals surface area contributed by atoms with Gasteiger partial charge in [0.05, 0.1) is 12.1 Å². The van der Waals surface area contributed by atoms with Crippen molar-refractivity contribution in [3.05, 3.63) is 77.9 Å². The van der Waals surface area contributed by atoms with Crippen molar-refractivity contribution in [2.75, 3.05) is 32.8 Å². The summed E-state index contributed by atoms with van der Waals surface area (Å²) in [5, 5.41) is 17.0. The van der Waals surface area contributed by atoms with E-state index < -0.39 is 36.2 Å². The average Bonchev–Trinajstić information content (AvgIpc) is 3.46. The predicted octanol–water partition coefficient (Wildman–Crippen LogP) is 3.69. The molecule has 3 unspecified atom stereocenters. The Morgan fingerprint density at radius 3 is 2.33 bits per heavy atom. The molecule has 4 aliphatic rings. The van der Waals surface area contributed by atoms with Gasteiger partial charge in [-0.05, 0) is 30.4 Å². The molecule has 6 rings (SSSR count). The second-order valence-electron chi connectivity index (χ2n) is 12.5. The number of ether oxygens (including phenoxy) is 1. The van der Waals surface area contributed by atoms with Gasteiger partial charge in [-0.2, -0.15) is 0 Å². The summed E-state index contributed by atoms with van der Waals surface area (Å²) < 4.78 is 5.49. The van der Waals surface area contributed by atoms with Crippen LogP contribution in [-0.4, -0.2) is 106 Å². The molecule has 1 saturated carbocycles. The Bertz CT molecular complexity index is 1390. The molecule has 4 atom stereocenters. The minimum absolute atomic E-state index is 0.00631. The third kappa shape index (κ3) is 6.66. The molecular formula is C35H43N5O6. The summed E-state index contributed by atoms with van der Waals surface area (Å²) in [5.74, 6) is -1.66. The van der Waals surface area contributed by atoms with E-state index in [1.807, 2.05) is 77.8 Å². The molecule has 0 aromatic heterocycles. The molecule has 3 saturated heterocycles. The number of carbonyl (C=O) groups is 4. The number of cyclic esters (lactones) is 1. The van der Waals surface area contributed by atoms with Gasteiger partial charge in [-0.15, -0.1) is 0 Å². The fraction of sp³-hybridized carbons (Fsp3) is 0.486. The molecule has 0 bridgehead atoms. The van der Waals surface area contributed by atoms with E-state index in [0.29, 0.717) is 13.1 Å². The first kappa shape index (κ1) is 31.7. The van der Waals surface area contributed by atoms with Crippen molar-refractivity contribution in [1.29, 1.82) is 0 Å². The topological polar surface area (TPSA) is 123 Å². The lowest BCUT2D eigenvalue weighted by atomic mass is 9.86. The summed E-state index contributed by atoms with van der Waals surface area (Å²) in [6, 6.07) is 16.1. The molecule has 1 aliphatic carbocycles. The third-order valence-electron chi connectivity index (χ3n) is 9.63. The summed E-state index contributed by atoms with van der Waals surface area (Å²) >= 11 is 0. The molecule has 11 nitrogen and oxygen atoms in total. The van der Waals surface area contributed by atoms with E-state index in [-0.39, 0.29) is 37.3 Å². The van der Waals surface area contributed by atoms with Crippen LogP contribution in [0.15, 0.2) is 66.7 Å². The smallest absolute Gasteiger partial charge is 0.411 e. The maximum atomic E-state index is 14.8. The summed E-state index contributed by atoms with van der Waals surface area (Å²) in [7, 11) is 0. The van der Waals surface area contributed by atoms with Crippen LogP contribution < -0.4 is 5.32 Å². The Hall–Kier alpha value is -4.22. The number of carbonyl (C=O) groups excluding carboxylic acids is 3. The molecule has 2 aromatic carbocycles. The highest BCUT2D eigenvalue weighted by atomic mass is 16.6. The van der Waals surface area contributed by atoms with Crippen molar-refractivity contribution in [2.45, 2.75) is 75.2 Å². The lowest BCUT2D eigenvalue weighted by Crippen LogP contribution is -2.75. The third-order valence-corrected chi connectivity index (χ3v) is 9.63. The van der Waals surface area contributed by atoms with Crippen LogP contribution >= 0.6 is 0 Å². The van der Waals surface area contributed by atoms with Crippen LogP contribution in [0.3, 0.4) is 0 Å². The average molecular weight is 630 g/mol. The molecule has 0 radical (unpaired) electrons. The zero-order chi connectivity index (χ0) is 32.0. The minimum Gasteiger partial charge on any atom is -0.481 e. The number of amides is 3. The number of piperazine rings is 1. The van der Waals surface area contributed by atoms with Crippen molar-refractivity contribution in [2.24, 2.45) is 0 Å². The summed E-state index contributed by atoms with van der Waals surface area (Å²) in [6.07, 6.45) is 7.79. The van der Waals surface area contributed by atoms with Gasteiger partial charge >= 0.3 is 12.1 Å². The van der Waals surface area contributed by atoms with Gasteiger partial charge in [0.15, 0.2) is 0 Å². The van der Waals surface area contributed by atoms with Crippen molar-refractivity contribution in [1.82, 2.24) is 25.1 Å². The fourth-order valence-electron chi connectivity index (χ4n) is 7.34. The Labute approximate surface area is 269 Å². The summed E-state index contributed by atoms with van der Waals surface area (Å²) in [4.78, 5) is 57.3. The molecule has 46 heavy (non-hydrogen) atoms. The van der Waals surface area contributed by atoms with Crippen LogP contribution in [0.4, 0.5) is 4.79 Å². The number of nitrogens with one attached hydrogen (secondary N) is 1. The van der Waals surface area contributed by atoms with Crippen LogP contribution in [0.2, 0.25) is 0 Å².